The molecule has 28 heavy (non-hydrogen) atoms. The zero-order chi connectivity index (χ0) is 23.0. The fourth-order valence-corrected chi connectivity index (χ4v) is 16.6. The molecule has 1 atom stereocenters. The Kier molecular flexibility index (Phi) is 8.93. The van der Waals surface area contributed by atoms with E-state index in [1.54, 1.807) is 60.1 Å². The van der Waals surface area contributed by atoms with Gasteiger partial charge in [-0.25, -0.2) is 0 Å². The molecular formula is C15H34F6O3Si4. The molecule has 0 aliphatic rings. The summed E-state index contributed by atoms with van der Waals surface area (Å²) in [5, 5.41) is 0. The maximum atomic E-state index is 13.7. The Morgan fingerprint density at radius 2 is 1.07 bits per heavy atom. The summed E-state index contributed by atoms with van der Waals surface area (Å²) in [7, 11) is -9.59. The van der Waals surface area contributed by atoms with Gasteiger partial charge in [0.2, 0.25) is 0 Å². The second-order valence-electron chi connectivity index (χ2n) is 10.2. The van der Waals surface area contributed by atoms with Crippen molar-refractivity contribution in [2.75, 3.05) is 0 Å². The zero-order valence-corrected chi connectivity index (χ0v) is 23.4. The average Bonchev–Trinajstić information content (AvgIpc) is 2.28. The minimum absolute atomic E-state index is 0.0870. The molecule has 170 valence electrons. The van der Waals surface area contributed by atoms with Gasteiger partial charge in [0.15, 0.2) is 22.6 Å². The van der Waals surface area contributed by atoms with Crippen LogP contribution in [0, 0.1) is 11.3 Å². The van der Waals surface area contributed by atoms with Crippen LogP contribution in [0.25, 0.3) is 0 Å². The first-order chi connectivity index (χ1) is 11.9. The Morgan fingerprint density at radius 1 is 0.750 bits per heavy atom. The van der Waals surface area contributed by atoms with Gasteiger partial charge in [-0.05, 0) is 51.1 Å². The first-order valence-corrected chi connectivity index (χ1v) is 18.5. The molecule has 0 aliphatic heterocycles. The van der Waals surface area contributed by atoms with Crippen LogP contribution in [0.2, 0.25) is 44.8 Å². The van der Waals surface area contributed by atoms with Gasteiger partial charge in [-0.3, -0.25) is 0 Å². The normalized spacial score (nSPS) is 16.7. The van der Waals surface area contributed by atoms with Crippen molar-refractivity contribution in [1.29, 1.82) is 0 Å². The molecular weight excluding hydrogens is 454 g/mol. The molecule has 0 rings (SSSR count). The van der Waals surface area contributed by atoms with Crippen LogP contribution in [-0.2, 0) is 12.3 Å². The van der Waals surface area contributed by atoms with Crippen LogP contribution >= 0.6 is 0 Å². The number of rotatable bonds is 8. The number of alkyl halides is 6. The summed E-state index contributed by atoms with van der Waals surface area (Å²) >= 11 is 0. The largest absolute Gasteiger partial charge is 0.473 e. The van der Waals surface area contributed by atoms with Crippen molar-refractivity contribution in [3.63, 3.8) is 0 Å². The third kappa shape index (κ3) is 9.43. The third-order valence-electron chi connectivity index (χ3n) is 3.58. The summed E-state index contributed by atoms with van der Waals surface area (Å²) in [6, 6.07) is 0. The van der Waals surface area contributed by atoms with E-state index in [4.69, 9.17) is 12.3 Å². The molecule has 0 N–H and O–H groups in total. The van der Waals surface area contributed by atoms with E-state index in [9.17, 15) is 26.3 Å². The van der Waals surface area contributed by atoms with Gasteiger partial charge >= 0.3 is 21.2 Å². The first-order valence-electron chi connectivity index (χ1n) is 9.02. The smallest absolute Gasteiger partial charge is 0.425 e. The monoisotopic (exact) mass is 488 g/mol. The van der Waals surface area contributed by atoms with Crippen molar-refractivity contribution < 1.29 is 38.7 Å². The maximum Gasteiger partial charge on any atom is 0.473 e. The number of halogens is 6. The molecule has 0 aromatic rings. The molecule has 0 saturated carbocycles. The fourth-order valence-electron chi connectivity index (χ4n) is 3.01. The predicted molar refractivity (Wildman–Crippen MR) is 109 cm³/mol. The highest BCUT2D eigenvalue weighted by atomic mass is 28.5. The second kappa shape index (κ2) is 8.83. The van der Waals surface area contributed by atoms with Crippen molar-refractivity contribution in [1.82, 2.24) is 0 Å². The van der Waals surface area contributed by atoms with Gasteiger partial charge in [0, 0.05) is 5.54 Å². The first kappa shape index (κ1) is 28.3. The third-order valence-corrected chi connectivity index (χ3v) is 14.5. The quantitative estimate of drug-likeness (QED) is 0.335. The second-order valence-corrected chi connectivity index (χ2v) is 23.8. The maximum absolute atomic E-state index is 13.7. The van der Waals surface area contributed by atoms with Crippen molar-refractivity contribution >= 4 is 35.9 Å². The van der Waals surface area contributed by atoms with Gasteiger partial charge in [-0.2, -0.15) is 26.3 Å². The van der Waals surface area contributed by atoms with E-state index in [1.807, 2.05) is 0 Å². The van der Waals surface area contributed by atoms with Crippen molar-refractivity contribution in [2.45, 2.75) is 84.4 Å². The lowest BCUT2D eigenvalue weighted by Crippen LogP contribution is -2.63. The highest BCUT2D eigenvalue weighted by molar-refractivity contribution is 6.87. The fraction of sp³-hybridized carbons (Fsp3) is 1.00. The van der Waals surface area contributed by atoms with E-state index >= 15 is 0 Å². The van der Waals surface area contributed by atoms with Crippen LogP contribution in [0.1, 0.15) is 27.2 Å². The standard InChI is InChI=1S/C15H34F6O3Si4/c1-13(2,3)10-11(12(14(16,17)18)15(19,20)21)28(22-25,23-26(4,5)6)24-27(7,8)9/h11-12H,10H2,1-9,25H3. The van der Waals surface area contributed by atoms with E-state index in [0.29, 0.717) is 0 Å². The summed E-state index contributed by atoms with van der Waals surface area (Å²) < 4.78 is 100. The molecule has 0 bridgehead atoms. The van der Waals surface area contributed by atoms with Crippen LogP contribution in [0.5, 0.6) is 0 Å². The van der Waals surface area contributed by atoms with Crippen LogP contribution in [0.3, 0.4) is 0 Å². The molecule has 0 heterocycles. The molecule has 0 spiro atoms. The lowest BCUT2D eigenvalue weighted by molar-refractivity contribution is -0.289. The highest BCUT2D eigenvalue weighted by Gasteiger charge is 2.69. The average molecular weight is 489 g/mol. The Labute approximate surface area is 170 Å². The van der Waals surface area contributed by atoms with E-state index in [0.717, 1.165) is 0 Å². The molecule has 3 nitrogen and oxygen atoms in total. The van der Waals surface area contributed by atoms with Crippen molar-refractivity contribution in [2.24, 2.45) is 11.3 Å². The summed E-state index contributed by atoms with van der Waals surface area (Å²) in [4.78, 5) is 0. The predicted octanol–water partition coefficient (Wildman–Crippen LogP) is 5.47. The van der Waals surface area contributed by atoms with Gasteiger partial charge in [-0.15, -0.1) is 0 Å². The Bertz CT molecular complexity index is 476. The van der Waals surface area contributed by atoms with Gasteiger partial charge in [0.05, 0.1) is 0 Å². The minimum Gasteiger partial charge on any atom is -0.425 e. The van der Waals surface area contributed by atoms with E-state index in [2.05, 4.69) is 0 Å². The highest BCUT2D eigenvalue weighted by Crippen LogP contribution is 2.54. The molecule has 0 aliphatic carbocycles. The van der Waals surface area contributed by atoms with E-state index in [-0.39, 0.29) is 16.9 Å². The van der Waals surface area contributed by atoms with Crippen LogP contribution in [-0.4, -0.2) is 48.3 Å². The summed E-state index contributed by atoms with van der Waals surface area (Å²) in [6.45, 7) is 15.1. The summed E-state index contributed by atoms with van der Waals surface area (Å²) in [5.74, 6) is -3.56. The van der Waals surface area contributed by atoms with Crippen LogP contribution in [0.15, 0.2) is 0 Å². The molecule has 1 unspecified atom stereocenters. The zero-order valence-electron chi connectivity index (χ0n) is 18.4. The molecule has 0 aromatic carbocycles. The van der Waals surface area contributed by atoms with Crippen molar-refractivity contribution in [3.8, 4) is 0 Å². The molecule has 0 aromatic heterocycles. The Balaban J connectivity index is 6.84. The van der Waals surface area contributed by atoms with Gasteiger partial charge in [-0.1, -0.05) is 20.8 Å². The molecule has 0 radical (unpaired) electrons. The Morgan fingerprint density at radius 3 is 1.25 bits per heavy atom. The molecule has 0 saturated heterocycles. The van der Waals surface area contributed by atoms with E-state index < -0.39 is 54.7 Å². The van der Waals surface area contributed by atoms with Crippen LogP contribution in [0.4, 0.5) is 26.3 Å². The molecule has 0 amide bonds. The number of hydrogen-bond donors (Lipinski definition) is 0. The van der Waals surface area contributed by atoms with Crippen molar-refractivity contribution in [3.05, 3.63) is 0 Å². The van der Waals surface area contributed by atoms with Gasteiger partial charge in [0.25, 0.3) is 0 Å². The SMILES string of the molecule is CC(C)(C)CC(C(C(F)(F)F)C(F)(F)F)[Si](O[SiH3])(O[Si](C)(C)C)O[Si](C)(C)C. The molecule has 13 heteroatoms. The molecule has 0 fully saturated rings. The number of hydrogen-bond acceptors (Lipinski definition) is 3. The van der Waals surface area contributed by atoms with Crippen LogP contribution < -0.4 is 0 Å². The van der Waals surface area contributed by atoms with Gasteiger partial charge < -0.3 is 12.3 Å². The topological polar surface area (TPSA) is 27.7 Å². The van der Waals surface area contributed by atoms with Gasteiger partial charge in [0.1, 0.15) is 10.5 Å². The van der Waals surface area contributed by atoms with E-state index in [1.165, 1.54) is 0 Å². The minimum atomic E-state index is -5.49. The Hall–Kier alpha value is 0.328. The summed E-state index contributed by atoms with van der Waals surface area (Å²) in [5.41, 5.74) is -2.77. The lowest BCUT2D eigenvalue weighted by Gasteiger charge is -2.47. The summed E-state index contributed by atoms with van der Waals surface area (Å²) in [6.07, 6.45) is -11.4. The lowest BCUT2D eigenvalue weighted by atomic mass is 9.85.